The van der Waals surface area contributed by atoms with Crippen molar-refractivity contribution < 1.29 is 19.3 Å². The number of hydrogen-bond acceptors (Lipinski definition) is 5. The van der Waals surface area contributed by atoms with Gasteiger partial charge in [0.25, 0.3) is 0 Å². The molecule has 1 N–H and O–H groups in total. The summed E-state index contributed by atoms with van der Waals surface area (Å²) in [5.41, 5.74) is 2.47. The van der Waals surface area contributed by atoms with E-state index >= 15 is 0 Å². The summed E-state index contributed by atoms with van der Waals surface area (Å²) in [6.07, 6.45) is 2.07. The summed E-state index contributed by atoms with van der Waals surface area (Å²) in [5, 5.41) is 19.0. The lowest BCUT2D eigenvalue weighted by Crippen LogP contribution is -1.97. The van der Waals surface area contributed by atoms with Gasteiger partial charge >= 0.3 is 0 Å². The Morgan fingerprint density at radius 2 is 1.68 bits per heavy atom. The molecule has 2 rings (SSSR count). The second-order valence-corrected chi connectivity index (χ2v) is 5.17. The summed E-state index contributed by atoms with van der Waals surface area (Å²) in [6.45, 7) is 2.42. The minimum Gasteiger partial charge on any atom is -0.504 e. The van der Waals surface area contributed by atoms with Crippen LogP contribution in [0.15, 0.2) is 42.5 Å². The molecule has 2 aromatic rings. The predicted octanol–water partition coefficient (Wildman–Crippen LogP) is 4.15. The molecule has 0 radical (unpaired) electrons. The molecule has 25 heavy (non-hydrogen) atoms. The maximum atomic E-state index is 10.1. The summed E-state index contributed by atoms with van der Waals surface area (Å²) < 4.78 is 16.0. The number of phenols is 1. The van der Waals surface area contributed by atoms with Crippen molar-refractivity contribution in [2.24, 2.45) is 0 Å². The van der Waals surface area contributed by atoms with Crippen LogP contribution < -0.4 is 14.2 Å². The molecule has 0 atom stereocenters. The molecule has 0 fully saturated rings. The average molecular weight is 339 g/mol. The Balaban J connectivity index is 2.53. The van der Waals surface area contributed by atoms with Gasteiger partial charge in [0.05, 0.1) is 33.3 Å². The maximum absolute atomic E-state index is 10.1. The molecule has 0 unspecified atom stereocenters. The molecule has 2 aromatic carbocycles. The number of nitriles is 1. The molecule has 0 amide bonds. The molecule has 0 aromatic heterocycles. The fourth-order valence-electron chi connectivity index (χ4n) is 2.52. The van der Waals surface area contributed by atoms with Crippen molar-refractivity contribution >= 4 is 5.57 Å². The minimum atomic E-state index is 0.0430. The van der Waals surface area contributed by atoms with Gasteiger partial charge in [-0.2, -0.15) is 5.26 Å². The first-order valence-electron chi connectivity index (χ1n) is 7.90. The number of nitrogens with zero attached hydrogens (tertiary/aromatic N) is 1. The highest BCUT2D eigenvalue weighted by atomic mass is 16.5. The van der Waals surface area contributed by atoms with Crippen LogP contribution in [0.1, 0.15) is 24.5 Å². The number of ether oxygens (including phenoxy) is 3. The van der Waals surface area contributed by atoms with E-state index in [4.69, 9.17) is 19.5 Å². The number of methoxy groups -OCH3 is 2. The highest BCUT2D eigenvalue weighted by molar-refractivity contribution is 5.82. The third-order valence-corrected chi connectivity index (χ3v) is 3.66. The van der Waals surface area contributed by atoms with Crippen molar-refractivity contribution in [2.45, 2.75) is 13.3 Å². The van der Waals surface area contributed by atoms with Crippen LogP contribution in [0, 0.1) is 11.3 Å². The first-order valence-corrected chi connectivity index (χ1v) is 7.90. The fraction of sp³-hybridized carbons (Fsp3) is 0.250. The molecule has 0 spiro atoms. The normalized spacial score (nSPS) is 10.9. The summed E-state index contributed by atoms with van der Waals surface area (Å²) in [4.78, 5) is 0. The molecule has 130 valence electrons. The van der Waals surface area contributed by atoms with E-state index < -0.39 is 0 Å². The molecular formula is C20H21NO4. The third-order valence-electron chi connectivity index (χ3n) is 3.66. The Hall–Kier alpha value is -3.13. The number of benzene rings is 2. The van der Waals surface area contributed by atoms with Crippen molar-refractivity contribution in [3.63, 3.8) is 0 Å². The van der Waals surface area contributed by atoms with Gasteiger partial charge in [0, 0.05) is 0 Å². The lowest BCUT2D eigenvalue weighted by Gasteiger charge is -2.14. The molecular weight excluding hydrogens is 318 g/mol. The molecule has 0 aliphatic carbocycles. The molecule has 0 aliphatic heterocycles. The van der Waals surface area contributed by atoms with E-state index in [1.54, 1.807) is 19.2 Å². The van der Waals surface area contributed by atoms with E-state index in [9.17, 15) is 5.11 Å². The zero-order chi connectivity index (χ0) is 18.2. The third kappa shape index (κ3) is 4.24. The zero-order valence-corrected chi connectivity index (χ0v) is 14.6. The molecule has 0 aliphatic rings. The molecule has 5 nitrogen and oxygen atoms in total. The highest BCUT2D eigenvalue weighted by Crippen LogP contribution is 2.36. The summed E-state index contributed by atoms with van der Waals surface area (Å²) in [5.74, 6) is 1.71. The monoisotopic (exact) mass is 339 g/mol. The standard InChI is InChI=1S/C20H21NO4/c1-4-25-20-13-15(8-10-19(20)24-3)16(6-5-11-21)14-7-9-18(23-2)17(22)12-14/h6-10,12-13,22H,4-5H2,1-3H3/b16-6+. The first kappa shape index (κ1) is 18.2. The van der Waals surface area contributed by atoms with Crippen molar-refractivity contribution in [3.8, 4) is 29.1 Å². The van der Waals surface area contributed by atoms with Crippen molar-refractivity contribution in [2.75, 3.05) is 20.8 Å². The van der Waals surface area contributed by atoms with Gasteiger partial charge < -0.3 is 19.3 Å². The smallest absolute Gasteiger partial charge is 0.161 e. The van der Waals surface area contributed by atoms with Crippen LogP contribution in [0.25, 0.3) is 5.57 Å². The van der Waals surface area contributed by atoms with Crippen molar-refractivity contribution in [3.05, 3.63) is 53.6 Å². The summed E-state index contributed by atoms with van der Waals surface area (Å²) in [6, 6.07) is 12.9. The molecule has 0 saturated heterocycles. The number of rotatable bonds is 7. The van der Waals surface area contributed by atoms with E-state index in [2.05, 4.69) is 6.07 Å². The van der Waals surface area contributed by atoms with Gasteiger partial charge in [0.15, 0.2) is 23.0 Å². The van der Waals surface area contributed by atoms with Crippen molar-refractivity contribution in [1.29, 1.82) is 5.26 Å². The molecule has 0 saturated carbocycles. The van der Waals surface area contributed by atoms with E-state index in [0.717, 1.165) is 16.7 Å². The van der Waals surface area contributed by atoms with E-state index in [0.29, 0.717) is 23.9 Å². The van der Waals surface area contributed by atoms with Crippen LogP contribution in [0.3, 0.4) is 0 Å². The SMILES string of the molecule is CCOc1cc(/C(=C/CC#N)c2ccc(OC)c(O)c2)ccc1OC. The number of phenolic OH excluding ortho intramolecular Hbond substituents is 1. The Morgan fingerprint density at radius 1 is 1.04 bits per heavy atom. The molecule has 5 heteroatoms. The highest BCUT2D eigenvalue weighted by Gasteiger charge is 2.12. The Bertz CT molecular complexity index is 806. The maximum Gasteiger partial charge on any atom is 0.161 e. The van der Waals surface area contributed by atoms with Crippen LogP contribution in [0.2, 0.25) is 0 Å². The van der Waals surface area contributed by atoms with Crippen LogP contribution in [0.4, 0.5) is 0 Å². The largest absolute Gasteiger partial charge is 0.504 e. The van der Waals surface area contributed by atoms with Crippen LogP contribution in [-0.4, -0.2) is 25.9 Å². The zero-order valence-electron chi connectivity index (χ0n) is 14.6. The van der Waals surface area contributed by atoms with Crippen molar-refractivity contribution in [1.82, 2.24) is 0 Å². The number of aromatic hydroxyl groups is 1. The van der Waals surface area contributed by atoms with Crippen LogP contribution in [0.5, 0.6) is 23.0 Å². The first-order chi connectivity index (χ1) is 12.1. The van der Waals surface area contributed by atoms with Crippen LogP contribution in [-0.2, 0) is 0 Å². The number of hydrogen-bond donors (Lipinski definition) is 1. The fourth-order valence-corrected chi connectivity index (χ4v) is 2.52. The predicted molar refractivity (Wildman–Crippen MR) is 96.1 cm³/mol. The Morgan fingerprint density at radius 3 is 2.24 bits per heavy atom. The lowest BCUT2D eigenvalue weighted by atomic mass is 9.96. The van der Waals surface area contributed by atoms with Gasteiger partial charge in [0.2, 0.25) is 0 Å². The second-order valence-electron chi connectivity index (χ2n) is 5.17. The topological polar surface area (TPSA) is 71.7 Å². The van der Waals surface area contributed by atoms with Gasteiger partial charge in [-0.15, -0.1) is 0 Å². The lowest BCUT2D eigenvalue weighted by molar-refractivity contribution is 0.311. The molecule has 0 heterocycles. The van der Waals surface area contributed by atoms with Crippen LogP contribution >= 0.6 is 0 Å². The molecule has 0 bridgehead atoms. The Kier molecular flexibility index (Phi) is 6.30. The van der Waals surface area contributed by atoms with Gasteiger partial charge in [-0.25, -0.2) is 0 Å². The van der Waals surface area contributed by atoms with Gasteiger partial charge in [-0.1, -0.05) is 18.2 Å². The van der Waals surface area contributed by atoms with E-state index in [1.165, 1.54) is 7.11 Å². The summed E-state index contributed by atoms with van der Waals surface area (Å²) >= 11 is 0. The van der Waals surface area contributed by atoms with Gasteiger partial charge in [-0.05, 0) is 47.9 Å². The van der Waals surface area contributed by atoms with E-state index in [1.807, 2.05) is 37.3 Å². The quantitative estimate of drug-likeness (QED) is 0.820. The summed E-state index contributed by atoms with van der Waals surface area (Å²) in [7, 11) is 3.09. The van der Waals surface area contributed by atoms with Gasteiger partial charge in [0.1, 0.15) is 0 Å². The van der Waals surface area contributed by atoms with E-state index in [-0.39, 0.29) is 12.2 Å². The second kappa shape index (κ2) is 8.65. The Labute approximate surface area is 147 Å². The number of allylic oxidation sites excluding steroid dienone is 1. The minimum absolute atomic E-state index is 0.0430. The average Bonchev–Trinajstić information content (AvgIpc) is 2.63. The van der Waals surface area contributed by atoms with Gasteiger partial charge in [-0.3, -0.25) is 0 Å².